The van der Waals surface area contributed by atoms with Gasteiger partial charge in [0.2, 0.25) is 0 Å². The highest BCUT2D eigenvalue weighted by Crippen LogP contribution is 1.99. The molecule has 1 heterocycles. The van der Waals surface area contributed by atoms with Crippen LogP contribution in [0.4, 0.5) is 0 Å². The zero-order valence-corrected chi connectivity index (χ0v) is 9.97. The van der Waals surface area contributed by atoms with E-state index in [1.165, 1.54) is 24.5 Å². The van der Waals surface area contributed by atoms with Gasteiger partial charge in [-0.1, -0.05) is 6.92 Å². The maximum absolute atomic E-state index is 11.5. The van der Waals surface area contributed by atoms with Gasteiger partial charge in [-0.3, -0.25) is 9.78 Å². The summed E-state index contributed by atoms with van der Waals surface area (Å²) in [7, 11) is 0. The molecule has 1 atom stereocenters. The highest BCUT2D eigenvalue weighted by molar-refractivity contribution is 5.91. The van der Waals surface area contributed by atoms with Crippen LogP contribution >= 0.6 is 0 Å². The summed E-state index contributed by atoms with van der Waals surface area (Å²) in [6.07, 6.45) is 3.83. The number of esters is 1. The highest BCUT2D eigenvalue weighted by atomic mass is 16.5. The van der Waals surface area contributed by atoms with E-state index in [1.807, 2.05) is 13.8 Å². The molecule has 1 aromatic heterocycles. The first-order chi connectivity index (χ1) is 8.13. The van der Waals surface area contributed by atoms with Gasteiger partial charge in [0.15, 0.2) is 6.61 Å². The lowest BCUT2D eigenvalue weighted by molar-refractivity contribution is -0.124. The second-order valence-electron chi connectivity index (χ2n) is 3.69. The van der Waals surface area contributed by atoms with Crippen LogP contribution < -0.4 is 5.32 Å². The van der Waals surface area contributed by atoms with E-state index in [0.717, 1.165) is 6.42 Å². The Morgan fingerprint density at radius 1 is 1.41 bits per heavy atom. The third-order valence-electron chi connectivity index (χ3n) is 2.27. The van der Waals surface area contributed by atoms with Crippen LogP contribution in [0.1, 0.15) is 30.6 Å². The lowest BCUT2D eigenvalue weighted by Crippen LogP contribution is -2.35. The lowest BCUT2D eigenvalue weighted by atomic mass is 10.2. The second-order valence-corrected chi connectivity index (χ2v) is 3.69. The minimum absolute atomic E-state index is 0.0853. The lowest BCUT2D eigenvalue weighted by Gasteiger charge is -2.11. The predicted octanol–water partition coefficient (Wildman–Crippen LogP) is 1.15. The number of rotatable bonds is 5. The number of aromatic nitrogens is 1. The fourth-order valence-electron chi connectivity index (χ4n) is 1.12. The van der Waals surface area contributed by atoms with Gasteiger partial charge in [0.1, 0.15) is 0 Å². The molecule has 0 aromatic carbocycles. The van der Waals surface area contributed by atoms with Crippen molar-refractivity contribution in [1.29, 1.82) is 0 Å². The van der Waals surface area contributed by atoms with E-state index in [0.29, 0.717) is 5.56 Å². The molecule has 17 heavy (non-hydrogen) atoms. The summed E-state index contributed by atoms with van der Waals surface area (Å²) in [5.41, 5.74) is 0.385. The average Bonchev–Trinajstić information content (AvgIpc) is 2.36. The number of amides is 1. The number of hydrogen-bond acceptors (Lipinski definition) is 4. The predicted molar refractivity (Wildman–Crippen MR) is 62.4 cm³/mol. The number of carbonyl (C=O) groups is 2. The van der Waals surface area contributed by atoms with E-state index in [9.17, 15) is 9.59 Å². The first kappa shape index (κ1) is 13.2. The van der Waals surface area contributed by atoms with Gasteiger partial charge < -0.3 is 10.1 Å². The summed E-state index contributed by atoms with van der Waals surface area (Å²) in [6, 6.07) is 3.16. The molecule has 0 unspecified atom stereocenters. The van der Waals surface area contributed by atoms with Gasteiger partial charge >= 0.3 is 5.97 Å². The van der Waals surface area contributed by atoms with Crippen molar-refractivity contribution in [3.63, 3.8) is 0 Å². The van der Waals surface area contributed by atoms with E-state index in [-0.39, 0.29) is 18.6 Å². The molecule has 0 saturated carbocycles. The zero-order valence-electron chi connectivity index (χ0n) is 9.97. The molecule has 5 nitrogen and oxygen atoms in total. The maximum atomic E-state index is 11.5. The van der Waals surface area contributed by atoms with Crippen molar-refractivity contribution in [2.45, 2.75) is 26.3 Å². The molecular weight excluding hydrogens is 220 g/mol. The Hall–Kier alpha value is -1.91. The number of pyridine rings is 1. The van der Waals surface area contributed by atoms with Crippen molar-refractivity contribution in [3.8, 4) is 0 Å². The van der Waals surface area contributed by atoms with Crippen molar-refractivity contribution < 1.29 is 14.3 Å². The summed E-state index contributed by atoms with van der Waals surface area (Å²) < 4.78 is 4.86. The van der Waals surface area contributed by atoms with Gasteiger partial charge in [0.25, 0.3) is 5.91 Å². The second kappa shape index (κ2) is 6.62. The Bertz CT molecular complexity index is 379. The van der Waals surface area contributed by atoms with Crippen molar-refractivity contribution in [2.24, 2.45) is 0 Å². The van der Waals surface area contributed by atoms with Gasteiger partial charge in [0.05, 0.1) is 5.56 Å². The Kier molecular flexibility index (Phi) is 5.13. The van der Waals surface area contributed by atoms with Crippen LogP contribution in [0.25, 0.3) is 0 Å². The molecule has 0 fully saturated rings. The molecule has 92 valence electrons. The average molecular weight is 236 g/mol. The van der Waals surface area contributed by atoms with Crippen LogP contribution in [-0.2, 0) is 9.53 Å². The SMILES string of the molecule is CC[C@H](C)NC(=O)COC(=O)c1ccncc1. The standard InChI is InChI=1S/C12H16N2O3/c1-3-9(2)14-11(15)8-17-12(16)10-4-6-13-7-5-10/h4-7,9H,3,8H2,1-2H3,(H,14,15)/t9-/m0/s1. The zero-order chi connectivity index (χ0) is 12.7. The fraction of sp³-hybridized carbons (Fsp3) is 0.417. The van der Waals surface area contributed by atoms with Crippen LogP contribution in [0.15, 0.2) is 24.5 Å². The molecule has 1 amide bonds. The van der Waals surface area contributed by atoms with Crippen molar-refractivity contribution >= 4 is 11.9 Å². The third kappa shape index (κ3) is 4.63. The van der Waals surface area contributed by atoms with Crippen LogP contribution in [0.5, 0.6) is 0 Å². The van der Waals surface area contributed by atoms with E-state index >= 15 is 0 Å². The first-order valence-electron chi connectivity index (χ1n) is 5.50. The quantitative estimate of drug-likeness (QED) is 0.779. The molecule has 1 aromatic rings. The molecule has 0 spiro atoms. The molecule has 0 saturated heterocycles. The highest BCUT2D eigenvalue weighted by Gasteiger charge is 2.10. The maximum Gasteiger partial charge on any atom is 0.338 e. The number of ether oxygens (including phenoxy) is 1. The van der Waals surface area contributed by atoms with Gasteiger partial charge in [0, 0.05) is 18.4 Å². The van der Waals surface area contributed by atoms with Gasteiger partial charge in [-0.15, -0.1) is 0 Å². The summed E-state index contributed by atoms with van der Waals surface area (Å²) in [6.45, 7) is 3.60. The van der Waals surface area contributed by atoms with Crippen molar-refractivity contribution in [3.05, 3.63) is 30.1 Å². The Balaban J connectivity index is 2.36. The number of nitrogens with zero attached hydrogens (tertiary/aromatic N) is 1. The molecular formula is C12H16N2O3. The largest absolute Gasteiger partial charge is 0.452 e. The molecule has 0 aliphatic rings. The van der Waals surface area contributed by atoms with Crippen LogP contribution in [0, 0.1) is 0 Å². The Morgan fingerprint density at radius 2 is 2.06 bits per heavy atom. The Morgan fingerprint density at radius 3 is 2.65 bits per heavy atom. The minimum Gasteiger partial charge on any atom is -0.452 e. The number of carbonyl (C=O) groups excluding carboxylic acids is 2. The topological polar surface area (TPSA) is 68.3 Å². The smallest absolute Gasteiger partial charge is 0.338 e. The molecule has 1 N–H and O–H groups in total. The van der Waals surface area contributed by atoms with Crippen LogP contribution in [0.3, 0.4) is 0 Å². The fourth-order valence-corrected chi connectivity index (χ4v) is 1.12. The molecule has 0 bridgehead atoms. The van der Waals surface area contributed by atoms with Gasteiger partial charge in [-0.25, -0.2) is 4.79 Å². The van der Waals surface area contributed by atoms with Crippen molar-refractivity contribution in [2.75, 3.05) is 6.61 Å². The van der Waals surface area contributed by atoms with Crippen LogP contribution in [0.2, 0.25) is 0 Å². The Labute approximate surface area is 100 Å². The van der Waals surface area contributed by atoms with E-state index in [1.54, 1.807) is 0 Å². The monoisotopic (exact) mass is 236 g/mol. The molecule has 0 aliphatic heterocycles. The molecule has 5 heteroatoms. The molecule has 0 radical (unpaired) electrons. The molecule has 1 rings (SSSR count). The summed E-state index contributed by atoms with van der Waals surface area (Å²) in [5.74, 6) is -0.812. The first-order valence-corrected chi connectivity index (χ1v) is 5.50. The number of hydrogen-bond donors (Lipinski definition) is 1. The number of nitrogens with one attached hydrogen (secondary N) is 1. The molecule has 0 aliphatic carbocycles. The summed E-state index contributed by atoms with van der Waals surface area (Å²) >= 11 is 0. The third-order valence-corrected chi connectivity index (χ3v) is 2.27. The van der Waals surface area contributed by atoms with Crippen molar-refractivity contribution in [1.82, 2.24) is 10.3 Å². The van der Waals surface area contributed by atoms with Gasteiger partial charge in [-0.05, 0) is 25.5 Å². The van der Waals surface area contributed by atoms with E-state index in [4.69, 9.17) is 4.74 Å². The van der Waals surface area contributed by atoms with Gasteiger partial charge in [-0.2, -0.15) is 0 Å². The minimum atomic E-state index is -0.522. The van der Waals surface area contributed by atoms with E-state index < -0.39 is 5.97 Å². The van der Waals surface area contributed by atoms with E-state index in [2.05, 4.69) is 10.3 Å². The normalized spacial score (nSPS) is 11.6. The summed E-state index contributed by atoms with van der Waals surface area (Å²) in [4.78, 5) is 26.6. The van der Waals surface area contributed by atoms with Crippen LogP contribution in [-0.4, -0.2) is 29.5 Å². The summed E-state index contributed by atoms with van der Waals surface area (Å²) in [5, 5.41) is 2.71.